The van der Waals surface area contributed by atoms with Crippen LogP contribution in [-0.4, -0.2) is 59.8 Å². The first-order chi connectivity index (χ1) is 8.58. The monoisotopic (exact) mass is 256 g/mol. The Balaban J connectivity index is 2.31. The number of β-amino-alcohol motifs (C(OH)–C–C–N with tert-alkyl or cyclic N) is 1. The molecule has 1 rings (SSSR count). The van der Waals surface area contributed by atoms with Gasteiger partial charge in [-0.15, -0.1) is 0 Å². The lowest BCUT2D eigenvalue weighted by Crippen LogP contribution is -2.52. The number of rotatable bonds is 7. The number of piperazine rings is 1. The summed E-state index contributed by atoms with van der Waals surface area (Å²) in [5, 5.41) is 9.93. The van der Waals surface area contributed by atoms with Gasteiger partial charge >= 0.3 is 0 Å². The molecular formula is C15H32N2O. The van der Waals surface area contributed by atoms with Gasteiger partial charge in [-0.3, -0.25) is 9.80 Å². The summed E-state index contributed by atoms with van der Waals surface area (Å²) < 4.78 is 0. The Morgan fingerprint density at radius 3 is 2.11 bits per heavy atom. The molecule has 0 bridgehead atoms. The van der Waals surface area contributed by atoms with E-state index in [1.807, 2.05) is 0 Å². The Labute approximate surface area is 113 Å². The molecular weight excluding hydrogens is 224 g/mol. The lowest BCUT2D eigenvalue weighted by atomic mass is 10.0. The lowest BCUT2D eigenvalue weighted by Gasteiger charge is -2.40. The highest BCUT2D eigenvalue weighted by molar-refractivity contribution is 4.79. The van der Waals surface area contributed by atoms with E-state index in [9.17, 15) is 5.11 Å². The Morgan fingerprint density at radius 1 is 1.06 bits per heavy atom. The van der Waals surface area contributed by atoms with Gasteiger partial charge in [-0.1, -0.05) is 34.1 Å². The van der Waals surface area contributed by atoms with Gasteiger partial charge in [-0.2, -0.15) is 0 Å². The van der Waals surface area contributed by atoms with Gasteiger partial charge in [0.1, 0.15) is 0 Å². The summed E-state index contributed by atoms with van der Waals surface area (Å²) in [7, 11) is 0. The standard InChI is InChI=1S/C15H32N2O/c1-5-7-14(6-2)17-10-8-16(9-11-17)12-15(18)13(3)4/h13-15,18H,5-12H2,1-4H3. The molecule has 3 nitrogen and oxygen atoms in total. The first kappa shape index (κ1) is 15.9. The van der Waals surface area contributed by atoms with Crippen molar-refractivity contribution in [1.29, 1.82) is 0 Å². The van der Waals surface area contributed by atoms with E-state index < -0.39 is 0 Å². The van der Waals surface area contributed by atoms with Crippen molar-refractivity contribution in [1.82, 2.24) is 9.80 Å². The van der Waals surface area contributed by atoms with E-state index in [1.54, 1.807) is 0 Å². The molecule has 1 N–H and O–H groups in total. The maximum absolute atomic E-state index is 9.93. The predicted molar refractivity (Wildman–Crippen MR) is 77.8 cm³/mol. The molecule has 108 valence electrons. The number of nitrogens with zero attached hydrogens (tertiary/aromatic N) is 2. The van der Waals surface area contributed by atoms with Crippen molar-refractivity contribution in [2.45, 2.75) is 59.1 Å². The molecule has 0 spiro atoms. The Kier molecular flexibility index (Phi) is 7.20. The van der Waals surface area contributed by atoms with Gasteiger partial charge in [0.15, 0.2) is 0 Å². The van der Waals surface area contributed by atoms with Crippen LogP contribution in [-0.2, 0) is 0 Å². The summed E-state index contributed by atoms with van der Waals surface area (Å²) >= 11 is 0. The second kappa shape index (κ2) is 8.13. The van der Waals surface area contributed by atoms with Crippen LogP contribution in [0.15, 0.2) is 0 Å². The predicted octanol–water partition coefficient (Wildman–Crippen LogP) is 2.20. The zero-order valence-corrected chi connectivity index (χ0v) is 12.7. The zero-order valence-electron chi connectivity index (χ0n) is 12.7. The second-order valence-electron chi connectivity index (χ2n) is 6.00. The third-order valence-corrected chi connectivity index (χ3v) is 4.23. The Bertz CT molecular complexity index is 213. The van der Waals surface area contributed by atoms with Gasteiger partial charge < -0.3 is 5.11 Å². The number of hydrogen-bond acceptors (Lipinski definition) is 3. The van der Waals surface area contributed by atoms with Crippen LogP contribution < -0.4 is 0 Å². The van der Waals surface area contributed by atoms with Gasteiger partial charge in [-0.25, -0.2) is 0 Å². The number of aliphatic hydroxyl groups excluding tert-OH is 1. The van der Waals surface area contributed by atoms with Crippen LogP contribution in [0.2, 0.25) is 0 Å². The molecule has 0 radical (unpaired) electrons. The number of aliphatic hydroxyl groups is 1. The van der Waals surface area contributed by atoms with Crippen LogP contribution in [0.4, 0.5) is 0 Å². The summed E-state index contributed by atoms with van der Waals surface area (Å²) in [6.07, 6.45) is 3.70. The minimum atomic E-state index is -0.172. The molecule has 2 unspecified atom stereocenters. The molecule has 1 fully saturated rings. The van der Waals surface area contributed by atoms with Crippen LogP contribution in [0.3, 0.4) is 0 Å². The first-order valence-electron chi connectivity index (χ1n) is 7.72. The topological polar surface area (TPSA) is 26.7 Å². The summed E-state index contributed by atoms with van der Waals surface area (Å²) in [6.45, 7) is 14.2. The van der Waals surface area contributed by atoms with Crippen LogP contribution in [0, 0.1) is 5.92 Å². The highest BCUT2D eigenvalue weighted by Gasteiger charge is 2.23. The van der Waals surface area contributed by atoms with Crippen molar-refractivity contribution >= 4 is 0 Å². The molecule has 0 aliphatic carbocycles. The molecule has 0 aromatic rings. The molecule has 0 amide bonds. The van der Waals surface area contributed by atoms with E-state index in [0.717, 1.165) is 25.7 Å². The van der Waals surface area contributed by atoms with E-state index in [-0.39, 0.29) is 6.10 Å². The minimum Gasteiger partial charge on any atom is -0.392 e. The van der Waals surface area contributed by atoms with Crippen LogP contribution >= 0.6 is 0 Å². The van der Waals surface area contributed by atoms with Gasteiger partial charge in [0.2, 0.25) is 0 Å². The first-order valence-corrected chi connectivity index (χ1v) is 7.72. The molecule has 3 heteroatoms. The van der Waals surface area contributed by atoms with Crippen molar-refractivity contribution in [2.24, 2.45) is 5.92 Å². The van der Waals surface area contributed by atoms with E-state index in [2.05, 4.69) is 37.5 Å². The van der Waals surface area contributed by atoms with Gasteiger partial charge in [0, 0.05) is 38.8 Å². The normalized spacial score (nSPS) is 22.3. The fourth-order valence-corrected chi connectivity index (χ4v) is 2.76. The average molecular weight is 256 g/mol. The minimum absolute atomic E-state index is 0.172. The molecule has 18 heavy (non-hydrogen) atoms. The summed E-state index contributed by atoms with van der Waals surface area (Å²) in [6, 6.07) is 0.771. The SMILES string of the molecule is CCCC(CC)N1CCN(CC(O)C(C)C)CC1. The van der Waals surface area contributed by atoms with Crippen LogP contribution in [0.1, 0.15) is 47.0 Å². The van der Waals surface area contributed by atoms with Gasteiger partial charge in [0.25, 0.3) is 0 Å². The van der Waals surface area contributed by atoms with Crippen molar-refractivity contribution in [3.05, 3.63) is 0 Å². The quantitative estimate of drug-likeness (QED) is 0.756. The highest BCUT2D eigenvalue weighted by atomic mass is 16.3. The third kappa shape index (κ3) is 4.87. The molecule has 2 atom stereocenters. The third-order valence-electron chi connectivity index (χ3n) is 4.23. The number of hydrogen-bond donors (Lipinski definition) is 1. The van der Waals surface area contributed by atoms with Crippen molar-refractivity contribution in [3.8, 4) is 0 Å². The van der Waals surface area contributed by atoms with Crippen molar-refractivity contribution in [3.63, 3.8) is 0 Å². The van der Waals surface area contributed by atoms with E-state index >= 15 is 0 Å². The van der Waals surface area contributed by atoms with E-state index in [0.29, 0.717) is 5.92 Å². The summed E-state index contributed by atoms with van der Waals surface area (Å²) in [5.41, 5.74) is 0. The van der Waals surface area contributed by atoms with E-state index in [1.165, 1.54) is 32.4 Å². The summed E-state index contributed by atoms with van der Waals surface area (Å²) in [5.74, 6) is 0.367. The smallest absolute Gasteiger partial charge is 0.0689 e. The zero-order chi connectivity index (χ0) is 13.5. The largest absolute Gasteiger partial charge is 0.392 e. The molecule has 1 aliphatic heterocycles. The second-order valence-corrected chi connectivity index (χ2v) is 6.00. The Hall–Kier alpha value is -0.120. The molecule has 0 saturated carbocycles. The van der Waals surface area contributed by atoms with Gasteiger partial charge in [-0.05, 0) is 18.8 Å². The molecule has 0 aromatic heterocycles. The summed E-state index contributed by atoms with van der Waals surface area (Å²) in [4.78, 5) is 5.06. The van der Waals surface area contributed by atoms with Crippen LogP contribution in [0.25, 0.3) is 0 Å². The van der Waals surface area contributed by atoms with Gasteiger partial charge in [0.05, 0.1) is 6.10 Å². The fraction of sp³-hybridized carbons (Fsp3) is 1.00. The average Bonchev–Trinajstić information content (AvgIpc) is 2.37. The maximum atomic E-state index is 9.93. The Morgan fingerprint density at radius 2 is 1.67 bits per heavy atom. The molecule has 1 aliphatic rings. The molecule has 1 saturated heterocycles. The highest BCUT2D eigenvalue weighted by Crippen LogP contribution is 2.14. The fourth-order valence-electron chi connectivity index (χ4n) is 2.76. The van der Waals surface area contributed by atoms with Crippen LogP contribution in [0.5, 0.6) is 0 Å². The van der Waals surface area contributed by atoms with E-state index in [4.69, 9.17) is 0 Å². The maximum Gasteiger partial charge on any atom is 0.0689 e. The van der Waals surface area contributed by atoms with Crippen molar-refractivity contribution in [2.75, 3.05) is 32.7 Å². The molecule has 1 heterocycles. The van der Waals surface area contributed by atoms with Crippen molar-refractivity contribution < 1.29 is 5.11 Å². The lowest BCUT2D eigenvalue weighted by molar-refractivity contribution is 0.0367. The molecule has 0 aromatic carbocycles.